The largest absolute Gasteiger partial charge is 0.478 e. The van der Waals surface area contributed by atoms with Crippen molar-refractivity contribution in [3.63, 3.8) is 0 Å². The first-order chi connectivity index (χ1) is 66.1. The number of rotatable bonds is 24. The molecule has 1 saturated heterocycles. The van der Waals surface area contributed by atoms with Gasteiger partial charge in [-0.05, 0) is 234 Å². The van der Waals surface area contributed by atoms with Crippen LogP contribution in [-0.2, 0) is 36.8 Å². The fourth-order valence-corrected chi connectivity index (χ4v) is 14.7. The third-order valence-electron chi connectivity index (χ3n) is 21.3. The van der Waals surface area contributed by atoms with E-state index in [0.29, 0.717) is 62.4 Å². The quantitative estimate of drug-likeness (QED) is 0.0254. The van der Waals surface area contributed by atoms with Crippen LogP contribution in [0.3, 0.4) is 0 Å². The topological polar surface area (TPSA) is 392 Å². The van der Waals surface area contributed by atoms with Gasteiger partial charge in [0, 0.05) is 125 Å². The zero-order chi connectivity index (χ0) is 96.4. The molecule has 1 aliphatic heterocycles. The smallest absolute Gasteiger partial charge is 0.433 e. The molecule has 31 nitrogen and oxygen atoms in total. The zero-order valence-corrected chi connectivity index (χ0v) is 75.0. The van der Waals surface area contributed by atoms with E-state index in [2.05, 4.69) is 129 Å². The average Bonchev–Trinajstić information content (AvgIpc) is 1.67. The summed E-state index contributed by atoms with van der Waals surface area (Å²) in [6, 6.07) is 47.3. The number of nitrogens with zero attached hydrogens (tertiary/aromatic N) is 15. The highest BCUT2D eigenvalue weighted by Crippen LogP contribution is 2.37. The zero-order valence-electron chi connectivity index (χ0n) is 75.0. The number of carbonyl (C=O) groups is 5. The van der Waals surface area contributed by atoms with Crippen molar-refractivity contribution < 1.29 is 64.2 Å². The number of amides is 5. The molecule has 137 heavy (non-hydrogen) atoms. The minimum Gasteiger partial charge on any atom is -0.478 e. The Kier molecular flexibility index (Phi) is 29.9. The van der Waals surface area contributed by atoms with E-state index < -0.39 is 41.4 Å². The highest BCUT2D eigenvalue weighted by atomic mass is 19.4. The second kappa shape index (κ2) is 43.0. The summed E-state index contributed by atoms with van der Waals surface area (Å²) in [5.74, 6) is -1.50. The summed E-state index contributed by atoms with van der Waals surface area (Å²) in [5.41, 5.74) is 13.8. The van der Waals surface area contributed by atoms with Gasteiger partial charge in [-0.3, -0.25) is 69.2 Å². The van der Waals surface area contributed by atoms with Crippen molar-refractivity contribution in [3.05, 3.63) is 301 Å². The second-order valence-electron chi connectivity index (χ2n) is 32.2. The van der Waals surface area contributed by atoms with Crippen molar-refractivity contribution in [2.24, 2.45) is 5.92 Å². The summed E-state index contributed by atoms with van der Waals surface area (Å²) in [4.78, 5) is 102. The normalized spacial score (nSPS) is 12.5. The number of likely N-dealkylation sites (tertiary alicyclic amines) is 1. The number of nitrogens with one attached hydrogen (secondary N) is 9. The van der Waals surface area contributed by atoms with Gasteiger partial charge in [0.25, 0.3) is 23.6 Å². The molecular formula is C99H91F7N24O7. The molecule has 9 N–H and O–H groups in total. The third-order valence-corrected chi connectivity index (χ3v) is 21.3. The molecule has 19 rings (SSSR count). The number of halogens is 7. The fourth-order valence-electron chi connectivity index (χ4n) is 14.7. The van der Waals surface area contributed by atoms with Crippen molar-refractivity contribution in [1.29, 1.82) is 0 Å². The van der Waals surface area contributed by atoms with Gasteiger partial charge < -0.3 is 45.9 Å². The SMILES string of the molecule is CC.CCOc1ccc(NC(=O)c2n[nH]c3ccc(-c4cncc(CN5CCCC5)c4)cc23)cn1.CN(C)Cc1cncc(-c2ccc3[nH]nc(C(=O)Nc4ccc(C(F)(F)F)nc4)c3c2)c1.CN(C)Cc1cncc(-c2ccc3[nH]nc(C(=O)Nc4ccc(Oc5ccccc5F)nc4)c3c2)c1.O=C(Nc1ccc(C(F)(F)F)nc1)c1n[nH]c2ccc(-c3cncc(NC(=O)C4CC4)c3)cc12. The van der Waals surface area contributed by atoms with Gasteiger partial charge in [0.15, 0.2) is 34.3 Å². The molecule has 0 bridgehead atoms. The van der Waals surface area contributed by atoms with E-state index in [4.69, 9.17) is 9.47 Å². The van der Waals surface area contributed by atoms with Gasteiger partial charge in [-0.2, -0.15) is 46.7 Å². The molecule has 0 radical (unpaired) electrons. The molecule has 17 aromatic rings. The van der Waals surface area contributed by atoms with Gasteiger partial charge in [-0.15, -0.1) is 0 Å². The lowest BCUT2D eigenvalue weighted by molar-refractivity contribution is -0.141. The Balaban J connectivity index is 0.000000138. The Labute approximate surface area is 779 Å². The van der Waals surface area contributed by atoms with Gasteiger partial charge in [0.1, 0.15) is 11.4 Å². The Morgan fingerprint density at radius 1 is 0.401 bits per heavy atom. The maximum Gasteiger partial charge on any atom is 0.433 e. The maximum absolute atomic E-state index is 13.8. The second-order valence-corrected chi connectivity index (χ2v) is 32.2. The molecule has 0 unspecified atom stereocenters. The predicted molar refractivity (Wildman–Crippen MR) is 506 cm³/mol. The number of aromatic nitrogens is 16. The molecule has 13 heterocycles. The van der Waals surface area contributed by atoms with Crippen LogP contribution in [0.2, 0.25) is 0 Å². The Morgan fingerprint density at radius 2 is 0.766 bits per heavy atom. The number of H-pyrrole nitrogens is 4. The highest BCUT2D eigenvalue weighted by molar-refractivity contribution is 6.15. The van der Waals surface area contributed by atoms with Crippen molar-refractivity contribution >= 4 is 102 Å². The van der Waals surface area contributed by atoms with E-state index in [9.17, 15) is 54.7 Å². The lowest BCUT2D eigenvalue weighted by atomic mass is 10.0. The molecule has 5 amide bonds. The summed E-state index contributed by atoms with van der Waals surface area (Å²) in [6.45, 7) is 11.2. The number of alkyl halides is 6. The molecule has 38 heteroatoms. The molecule has 5 aromatic carbocycles. The fraction of sp³-hybridized carbons (Fsp3) is 0.202. The first-order valence-corrected chi connectivity index (χ1v) is 43.5. The lowest BCUT2D eigenvalue weighted by Crippen LogP contribution is -2.18. The van der Waals surface area contributed by atoms with Crippen molar-refractivity contribution in [2.45, 2.75) is 78.4 Å². The number of ether oxygens (including phenoxy) is 2. The summed E-state index contributed by atoms with van der Waals surface area (Å²) in [6.07, 6.45) is 14.3. The molecule has 2 fully saturated rings. The highest BCUT2D eigenvalue weighted by Gasteiger charge is 2.34. The number of pyridine rings is 8. The van der Waals surface area contributed by atoms with Crippen LogP contribution < -0.4 is 36.1 Å². The first kappa shape index (κ1) is 95.1. The molecule has 1 saturated carbocycles. The van der Waals surface area contributed by atoms with E-state index in [1.54, 1.807) is 91.8 Å². The minimum atomic E-state index is -4.57. The van der Waals surface area contributed by atoms with E-state index >= 15 is 0 Å². The molecule has 0 atom stereocenters. The summed E-state index contributed by atoms with van der Waals surface area (Å²) in [5, 5.41) is 44.1. The molecule has 2 aliphatic rings. The van der Waals surface area contributed by atoms with Crippen LogP contribution in [0.25, 0.3) is 88.1 Å². The van der Waals surface area contributed by atoms with E-state index in [0.717, 1.165) is 154 Å². The average molecular weight is 1860 g/mol. The van der Waals surface area contributed by atoms with E-state index in [1.807, 2.05) is 139 Å². The van der Waals surface area contributed by atoms with E-state index in [1.165, 1.54) is 36.7 Å². The van der Waals surface area contributed by atoms with Crippen molar-refractivity contribution in [3.8, 4) is 62.0 Å². The molecule has 1 aliphatic carbocycles. The van der Waals surface area contributed by atoms with Crippen molar-refractivity contribution in [1.82, 2.24) is 95.4 Å². The van der Waals surface area contributed by atoms with Crippen LogP contribution in [0, 0.1) is 11.7 Å². The number of fused-ring (bicyclic) bond motifs is 4. The Bertz CT molecular complexity index is 7150. The monoisotopic (exact) mass is 1860 g/mol. The minimum absolute atomic E-state index is 0.0269. The summed E-state index contributed by atoms with van der Waals surface area (Å²) >= 11 is 0. The number of hydrogen-bond acceptors (Lipinski definition) is 22. The summed E-state index contributed by atoms with van der Waals surface area (Å²) in [7, 11) is 7.96. The number of aromatic amines is 4. The van der Waals surface area contributed by atoms with Gasteiger partial charge in [0.05, 0.1) is 88.1 Å². The number of anilines is 5. The molecule has 0 spiro atoms. The Morgan fingerprint density at radius 3 is 1.12 bits per heavy atom. The van der Waals surface area contributed by atoms with Gasteiger partial charge in [-0.1, -0.05) is 50.2 Å². The number of para-hydroxylation sites is 1. The Hall–Kier alpha value is -16.5. The van der Waals surface area contributed by atoms with Crippen LogP contribution in [-0.4, -0.2) is 173 Å². The van der Waals surface area contributed by atoms with Gasteiger partial charge in [0.2, 0.25) is 17.7 Å². The van der Waals surface area contributed by atoms with Gasteiger partial charge in [-0.25, -0.2) is 24.3 Å². The van der Waals surface area contributed by atoms with Gasteiger partial charge >= 0.3 is 12.4 Å². The van der Waals surface area contributed by atoms with Crippen LogP contribution >= 0.6 is 0 Å². The standard InChI is InChI=1S/C27H23FN6O2.C25H26N6O2.C23H17F3N6O2.C22H19F3N6O.C2H6/c1-34(2)16-17-11-19(14-29-13-17)18-7-9-23-21(12-18)26(33-32-23)27(35)31-20-8-10-25(30-15-20)36-24-6-4-3-5-22(24)28;1-2-33-23-8-6-20(15-27-23)28-25(32)24-21-12-18(5-7-22(21)29-30-24)19-11-17(13-26-14-19)16-31-9-3-4-10-31;24-23(25,26)19-6-4-15(11-28-19)29-22(34)20-17-8-13(3-5-18(17)31-32-20)14-7-16(10-27-9-14)30-21(33)12-1-2-12;1-31(2)12-13-7-15(10-26-9-13)14-3-5-18-17(8-14)20(30-29-18)21(32)28-16-4-6-19(27-11-16)22(23,24)25;1-2/h3-15H,16H2,1-2H3,(H,31,35)(H,32,33);5-8,11-15H,2-4,9-10,16H2,1H3,(H,28,32)(H,29,30);3-12H,1-2H2,(H,29,34)(H,30,33)(H,31,32);3-11H,12H2,1-2H3,(H,28,32)(H,29,30);1-2H3. The third kappa shape index (κ3) is 24.5. The molecule has 698 valence electrons. The van der Waals surface area contributed by atoms with Crippen molar-refractivity contribution in [2.75, 3.05) is 74.5 Å². The molecular weight excluding hydrogens is 1770 g/mol. The lowest BCUT2D eigenvalue weighted by Gasteiger charge is -2.14. The number of hydrogen-bond donors (Lipinski definition) is 9. The first-order valence-electron chi connectivity index (χ1n) is 43.5. The molecule has 12 aromatic heterocycles. The number of benzene rings is 5. The van der Waals surface area contributed by atoms with E-state index in [-0.39, 0.29) is 63.7 Å². The maximum atomic E-state index is 13.8. The number of carbonyl (C=O) groups excluding carboxylic acids is 5. The van der Waals surface area contributed by atoms with Crippen LogP contribution in [0.4, 0.5) is 59.2 Å². The summed E-state index contributed by atoms with van der Waals surface area (Å²) < 4.78 is 101. The van der Waals surface area contributed by atoms with Crippen LogP contribution in [0.1, 0.15) is 116 Å². The predicted octanol–water partition coefficient (Wildman–Crippen LogP) is 19.6. The van der Waals surface area contributed by atoms with Crippen LogP contribution in [0.15, 0.2) is 244 Å². The van der Waals surface area contributed by atoms with Crippen LogP contribution in [0.5, 0.6) is 17.5 Å².